The highest BCUT2D eigenvalue weighted by Gasteiger charge is 2.22. The molecule has 1 aromatic carbocycles. The number of aliphatic carboxylic acids is 1. The van der Waals surface area contributed by atoms with Crippen LogP contribution in [0.25, 0.3) is 6.08 Å². The molecule has 0 unspecified atom stereocenters. The number of hydrogen-bond acceptors (Lipinski definition) is 3. The van der Waals surface area contributed by atoms with Crippen molar-refractivity contribution in [2.75, 3.05) is 31.6 Å². The van der Waals surface area contributed by atoms with E-state index in [0.29, 0.717) is 24.3 Å². The molecule has 1 amide bonds. The van der Waals surface area contributed by atoms with Crippen LogP contribution >= 0.6 is 0 Å². The predicted molar refractivity (Wildman–Crippen MR) is 72.9 cm³/mol. The molecule has 5 nitrogen and oxygen atoms in total. The first-order valence-corrected chi connectivity index (χ1v) is 6.17. The Hall–Kier alpha value is -2.37. The van der Waals surface area contributed by atoms with Gasteiger partial charge in [-0.1, -0.05) is 0 Å². The third-order valence-corrected chi connectivity index (χ3v) is 3.19. The van der Waals surface area contributed by atoms with Gasteiger partial charge < -0.3 is 14.9 Å². The number of hydrogen-bond donors (Lipinski definition) is 1. The molecule has 106 valence electrons. The summed E-state index contributed by atoms with van der Waals surface area (Å²) in [5.74, 6) is -1.57. The van der Waals surface area contributed by atoms with E-state index in [1.165, 1.54) is 18.2 Å². The summed E-state index contributed by atoms with van der Waals surface area (Å²) in [5.41, 5.74) is 1.11. The number of rotatable bonds is 3. The van der Waals surface area contributed by atoms with Gasteiger partial charge in [0, 0.05) is 37.5 Å². The van der Waals surface area contributed by atoms with E-state index in [-0.39, 0.29) is 12.5 Å². The average molecular weight is 278 g/mol. The summed E-state index contributed by atoms with van der Waals surface area (Å²) < 4.78 is 13.3. The van der Waals surface area contributed by atoms with Crippen molar-refractivity contribution in [3.8, 4) is 0 Å². The number of carbonyl (C=O) groups excluding carboxylic acids is 1. The number of amides is 1. The first kappa shape index (κ1) is 14.0. The number of nitrogens with zero attached hydrogens (tertiary/aromatic N) is 2. The molecule has 1 aliphatic rings. The predicted octanol–water partition coefficient (Wildman–Crippen LogP) is 1.20. The second-order valence-electron chi connectivity index (χ2n) is 4.61. The topological polar surface area (TPSA) is 60.9 Å². The Morgan fingerprint density at radius 2 is 2.15 bits per heavy atom. The van der Waals surface area contributed by atoms with Crippen LogP contribution in [-0.2, 0) is 9.59 Å². The number of benzene rings is 1. The molecule has 0 saturated carbocycles. The third-order valence-electron chi connectivity index (χ3n) is 3.19. The zero-order chi connectivity index (χ0) is 14.7. The van der Waals surface area contributed by atoms with Gasteiger partial charge in [-0.2, -0.15) is 0 Å². The lowest BCUT2D eigenvalue weighted by atomic mass is 10.1. The molecule has 20 heavy (non-hydrogen) atoms. The van der Waals surface area contributed by atoms with E-state index in [9.17, 15) is 14.0 Å². The summed E-state index contributed by atoms with van der Waals surface area (Å²) in [7, 11) is 1.73. The van der Waals surface area contributed by atoms with E-state index in [2.05, 4.69) is 0 Å². The fourth-order valence-corrected chi connectivity index (χ4v) is 2.07. The van der Waals surface area contributed by atoms with Crippen molar-refractivity contribution in [1.82, 2.24) is 4.90 Å². The third kappa shape index (κ3) is 3.14. The Kier molecular flexibility index (Phi) is 4.02. The molecule has 1 fully saturated rings. The van der Waals surface area contributed by atoms with Crippen LogP contribution < -0.4 is 4.90 Å². The van der Waals surface area contributed by atoms with Gasteiger partial charge in [0.05, 0.1) is 6.54 Å². The van der Waals surface area contributed by atoms with Crippen molar-refractivity contribution in [2.24, 2.45) is 0 Å². The molecule has 2 rings (SSSR count). The second kappa shape index (κ2) is 5.73. The van der Waals surface area contributed by atoms with Crippen molar-refractivity contribution >= 4 is 23.6 Å². The van der Waals surface area contributed by atoms with E-state index in [1.54, 1.807) is 18.0 Å². The Balaban J connectivity index is 2.31. The van der Waals surface area contributed by atoms with Crippen LogP contribution in [0.1, 0.15) is 5.56 Å². The SMILES string of the molecule is CN1CCN(c2ccc(F)cc2C=CC(=O)O)CC1=O. The van der Waals surface area contributed by atoms with Gasteiger partial charge in [0.15, 0.2) is 0 Å². The molecule has 0 aromatic heterocycles. The normalized spacial score (nSPS) is 16.0. The molecular weight excluding hydrogens is 263 g/mol. The number of piperazine rings is 1. The Morgan fingerprint density at radius 3 is 2.80 bits per heavy atom. The maximum Gasteiger partial charge on any atom is 0.328 e. The molecule has 0 aliphatic carbocycles. The maximum atomic E-state index is 13.3. The quantitative estimate of drug-likeness (QED) is 0.844. The molecule has 0 spiro atoms. The molecule has 0 bridgehead atoms. The van der Waals surface area contributed by atoms with Crippen molar-refractivity contribution < 1.29 is 19.1 Å². The summed E-state index contributed by atoms with van der Waals surface area (Å²) in [5, 5.41) is 8.67. The Bertz CT molecular complexity index is 572. The highest BCUT2D eigenvalue weighted by atomic mass is 19.1. The zero-order valence-electron chi connectivity index (χ0n) is 11.0. The minimum atomic E-state index is -1.10. The van der Waals surface area contributed by atoms with Gasteiger partial charge in [-0.25, -0.2) is 9.18 Å². The molecule has 6 heteroatoms. The lowest BCUT2D eigenvalue weighted by Crippen LogP contribution is -2.48. The van der Waals surface area contributed by atoms with E-state index in [4.69, 9.17) is 5.11 Å². The number of anilines is 1. The fourth-order valence-electron chi connectivity index (χ4n) is 2.07. The summed E-state index contributed by atoms with van der Waals surface area (Å²) in [6.07, 6.45) is 2.29. The minimum Gasteiger partial charge on any atom is -0.478 e. The van der Waals surface area contributed by atoms with Gasteiger partial charge in [-0.05, 0) is 24.3 Å². The number of carbonyl (C=O) groups is 2. The Morgan fingerprint density at radius 1 is 1.40 bits per heavy atom. The highest BCUT2D eigenvalue weighted by Crippen LogP contribution is 2.24. The van der Waals surface area contributed by atoms with Crippen LogP contribution in [0.5, 0.6) is 0 Å². The fraction of sp³-hybridized carbons (Fsp3) is 0.286. The van der Waals surface area contributed by atoms with Gasteiger partial charge in [0.25, 0.3) is 0 Å². The molecular formula is C14H15FN2O3. The van der Waals surface area contributed by atoms with Gasteiger partial charge in [0.1, 0.15) is 5.82 Å². The molecule has 0 radical (unpaired) electrons. The van der Waals surface area contributed by atoms with Gasteiger partial charge in [-0.3, -0.25) is 4.79 Å². The molecule has 1 aromatic rings. The molecule has 0 atom stereocenters. The van der Waals surface area contributed by atoms with Crippen LogP contribution in [0.15, 0.2) is 24.3 Å². The van der Waals surface area contributed by atoms with Gasteiger partial charge in [-0.15, -0.1) is 0 Å². The second-order valence-corrected chi connectivity index (χ2v) is 4.61. The molecule has 1 heterocycles. The maximum absolute atomic E-state index is 13.3. The number of halogens is 1. The van der Waals surface area contributed by atoms with Crippen molar-refractivity contribution in [2.45, 2.75) is 0 Å². The molecule has 1 aliphatic heterocycles. The Labute approximate surface area is 115 Å². The largest absolute Gasteiger partial charge is 0.478 e. The number of carboxylic acid groups (broad SMARTS) is 1. The van der Waals surface area contributed by atoms with Crippen LogP contribution in [-0.4, -0.2) is 48.6 Å². The van der Waals surface area contributed by atoms with Crippen LogP contribution in [0.2, 0.25) is 0 Å². The number of likely N-dealkylation sites (N-methyl/N-ethyl adjacent to an activating group) is 1. The van der Waals surface area contributed by atoms with Crippen LogP contribution in [0.4, 0.5) is 10.1 Å². The van der Waals surface area contributed by atoms with Gasteiger partial charge in [0.2, 0.25) is 5.91 Å². The summed E-state index contributed by atoms with van der Waals surface area (Å²) >= 11 is 0. The molecule has 1 N–H and O–H groups in total. The lowest BCUT2D eigenvalue weighted by molar-refractivity contribution is -0.131. The first-order chi connectivity index (χ1) is 9.47. The van der Waals surface area contributed by atoms with Crippen molar-refractivity contribution in [1.29, 1.82) is 0 Å². The minimum absolute atomic E-state index is 0.0197. The van der Waals surface area contributed by atoms with Crippen LogP contribution in [0.3, 0.4) is 0 Å². The summed E-state index contributed by atoms with van der Waals surface area (Å²) in [4.78, 5) is 25.8. The standard InChI is InChI=1S/C14H15FN2O3/c1-16-6-7-17(9-13(16)18)12-4-3-11(15)8-10(12)2-5-14(19)20/h2-5,8H,6-7,9H2,1H3,(H,19,20). The smallest absolute Gasteiger partial charge is 0.328 e. The molecule has 1 saturated heterocycles. The van der Waals surface area contributed by atoms with E-state index >= 15 is 0 Å². The van der Waals surface area contributed by atoms with Gasteiger partial charge >= 0.3 is 5.97 Å². The van der Waals surface area contributed by atoms with E-state index < -0.39 is 11.8 Å². The zero-order valence-corrected chi connectivity index (χ0v) is 11.0. The number of carboxylic acids is 1. The van der Waals surface area contributed by atoms with E-state index in [1.807, 2.05) is 4.90 Å². The highest BCUT2D eigenvalue weighted by molar-refractivity contribution is 5.88. The lowest BCUT2D eigenvalue weighted by Gasteiger charge is -2.34. The van der Waals surface area contributed by atoms with Crippen LogP contribution in [0, 0.1) is 5.82 Å². The summed E-state index contributed by atoms with van der Waals surface area (Å²) in [6.45, 7) is 1.41. The van der Waals surface area contributed by atoms with E-state index in [0.717, 1.165) is 6.08 Å². The summed E-state index contributed by atoms with van der Waals surface area (Å²) in [6, 6.07) is 4.13. The van der Waals surface area contributed by atoms with Crippen molar-refractivity contribution in [3.63, 3.8) is 0 Å². The average Bonchev–Trinajstić information content (AvgIpc) is 2.40. The first-order valence-electron chi connectivity index (χ1n) is 6.17. The monoisotopic (exact) mass is 278 g/mol. The van der Waals surface area contributed by atoms with Crippen molar-refractivity contribution in [3.05, 3.63) is 35.7 Å².